The van der Waals surface area contributed by atoms with E-state index in [0.717, 1.165) is 22.3 Å². The summed E-state index contributed by atoms with van der Waals surface area (Å²) in [5.74, 6) is 1.73. The molecule has 0 fully saturated rings. The normalized spacial score (nSPS) is 10.6. The Morgan fingerprint density at radius 2 is 1.77 bits per heavy atom. The van der Waals surface area contributed by atoms with Crippen LogP contribution in [0.4, 0.5) is 11.8 Å². The fourth-order valence-corrected chi connectivity index (χ4v) is 2.99. The number of nitrogens with one attached hydrogen (secondary N) is 2. The smallest absolute Gasteiger partial charge is 0.264 e. The molecule has 0 spiro atoms. The van der Waals surface area contributed by atoms with E-state index in [0.29, 0.717) is 24.1 Å². The van der Waals surface area contributed by atoms with Gasteiger partial charge in [0.25, 0.3) is 5.88 Å². The van der Waals surface area contributed by atoms with Crippen LogP contribution in [-0.4, -0.2) is 44.8 Å². The second-order valence-corrected chi connectivity index (χ2v) is 6.34. The highest BCUT2D eigenvalue weighted by molar-refractivity contribution is 5.68. The summed E-state index contributed by atoms with van der Waals surface area (Å²) in [7, 11) is 2.99. The number of rotatable bonds is 7. The maximum Gasteiger partial charge on any atom is 0.264 e. The molecule has 0 saturated carbocycles. The molecule has 2 aromatic carbocycles. The largest absolute Gasteiger partial charge is 0.489 e. The van der Waals surface area contributed by atoms with E-state index in [1.165, 1.54) is 14.2 Å². The van der Waals surface area contributed by atoms with E-state index in [1.54, 1.807) is 0 Å². The zero-order chi connectivity index (χ0) is 20.9. The SMILES string of the molecule is COc1nc(NCc2cccc(-c3ccc(-c4nn[nH]n4)cc3)c2)nc(N)c1OC. The Hall–Kier alpha value is -4.21. The number of hydrogen-bond acceptors (Lipinski definition) is 9. The number of nitrogens with zero attached hydrogens (tertiary/aromatic N) is 5. The lowest BCUT2D eigenvalue weighted by Gasteiger charge is -2.12. The van der Waals surface area contributed by atoms with Gasteiger partial charge >= 0.3 is 0 Å². The Bertz CT molecular complexity index is 1130. The summed E-state index contributed by atoms with van der Waals surface area (Å²) in [5.41, 5.74) is 10.0. The van der Waals surface area contributed by atoms with Gasteiger partial charge in [-0.15, -0.1) is 10.2 Å². The van der Waals surface area contributed by atoms with Crippen molar-refractivity contribution in [2.45, 2.75) is 6.54 Å². The second kappa shape index (κ2) is 8.43. The quantitative estimate of drug-likeness (QED) is 0.424. The van der Waals surface area contributed by atoms with E-state index in [9.17, 15) is 0 Å². The van der Waals surface area contributed by atoms with Gasteiger partial charge < -0.3 is 20.5 Å². The fourth-order valence-electron chi connectivity index (χ4n) is 2.99. The van der Waals surface area contributed by atoms with Crippen LogP contribution < -0.4 is 20.5 Å². The van der Waals surface area contributed by atoms with Crippen LogP contribution in [0.5, 0.6) is 11.6 Å². The van der Waals surface area contributed by atoms with Crippen molar-refractivity contribution in [1.29, 1.82) is 0 Å². The highest BCUT2D eigenvalue weighted by atomic mass is 16.5. The molecular weight excluding hydrogens is 384 g/mol. The predicted molar refractivity (Wildman–Crippen MR) is 112 cm³/mol. The van der Waals surface area contributed by atoms with E-state index in [4.69, 9.17) is 15.2 Å². The molecule has 0 aliphatic rings. The molecule has 4 aromatic rings. The van der Waals surface area contributed by atoms with Crippen molar-refractivity contribution < 1.29 is 9.47 Å². The molecule has 30 heavy (non-hydrogen) atoms. The molecule has 0 unspecified atom stereocenters. The molecule has 2 heterocycles. The lowest BCUT2D eigenvalue weighted by molar-refractivity contribution is 0.343. The summed E-state index contributed by atoms with van der Waals surface area (Å²) >= 11 is 0. The summed E-state index contributed by atoms with van der Waals surface area (Å²) in [5, 5.41) is 17.2. The molecule has 0 aliphatic heterocycles. The average molecular weight is 404 g/mol. The summed E-state index contributed by atoms with van der Waals surface area (Å²) in [6.07, 6.45) is 0. The van der Waals surface area contributed by atoms with E-state index in [1.807, 2.05) is 36.4 Å². The van der Waals surface area contributed by atoms with Crippen LogP contribution in [0.2, 0.25) is 0 Å². The fraction of sp³-hybridized carbons (Fsp3) is 0.150. The molecule has 152 valence electrons. The number of nitrogens with two attached hydrogens (primary N) is 1. The summed E-state index contributed by atoms with van der Waals surface area (Å²) < 4.78 is 10.4. The molecule has 10 heteroatoms. The van der Waals surface area contributed by atoms with Crippen molar-refractivity contribution in [3.63, 3.8) is 0 Å². The van der Waals surface area contributed by atoms with Gasteiger partial charge in [0.05, 0.1) is 14.2 Å². The van der Waals surface area contributed by atoms with Gasteiger partial charge in [0.2, 0.25) is 17.5 Å². The number of hydrogen-bond donors (Lipinski definition) is 3. The maximum atomic E-state index is 5.91. The highest BCUT2D eigenvalue weighted by Crippen LogP contribution is 2.31. The van der Waals surface area contributed by atoms with Crippen LogP contribution in [0.25, 0.3) is 22.5 Å². The molecule has 4 rings (SSSR count). The zero-order valence-corrected chi connectivity index (χ0v) is 16.5. The van der Waals surface area contributed by atoms with Crippen LogP contribution in [0.15, 0.2) is 48.5 Å². The van der Waals surface area contributed by atoms with E-state index >= 15 is 0 Å². The monoisotopic (exact) mass is 404 g/mol. The Balaban J connectivity index is 1.50. The standard InChI is InChI=1S/C20H20N8O2/c1-29-16-17(21)23-20(24-19(16)30-2)22-11-12-4-3-5-15(10-12)13-6-8-14(9-7-13)18-25-27-28-26-18/h3-10H,11H2,1-2H3,(H3,21,22,23,24)(H,25,26,27,28). The van der Waals surface area contributed by atoms with Crippen molar-refractivity contribution >= 4 is 11.8 Å². The average Bonchev–Trinajstić information content (AvgIpc) is 3.32. The topological polar surface area (TPSA) is 137 Å². The Morgan fingerprint density at radius 1 is 0.967 bits per heavy atom. The van der Waals surface area contributed by atoms with Crippen molar-refractivity contribution in [1.82, 2.24) is 30.6 Å². The number of nitrogen functional groups attached to an aromatic ring is 1. The van der Waals surface area contributed by atoms with Crippen LogP contribution in [0.3, 0.4) is 0 Å². The van der Waals surface area contributed by atoms with Crippen molar-refractivity contribution in [3.05, 3.63) is 54.1 Å². The van der Waals surface area contributed by atoms with Crippen molar-refractivity contribution in [3.8, 4) is 34.1 Å². The molecule has 0 saturated heterocycles. The number of tetrazole rings is 1. The maximum absolute atomic E-state index is 5.91. The lowest BCUT2D eigenvalue weighted by Crippen LogP contribution is -2.08. The van der Waals surface area contributed by atoms with Gasteiger partial charge in [0, 0.05) is 12.1 Å². The summed E-state index contributed by atoms with van der Waals surface area (Å²) in [6, 6.07) is 16.2. The molecule has 4 N–H and O–H groups in total. The molecule has 2 aromatic heterocycles. The third-order valence-corrected chi connectivity index (χ3v) is 4.46. The number of anilines is 2. The lowest BCUT2D eigenvalue weighted by atomic mass is 10.0. The molecule has 0 aliphatic carbocycles. The van der Waals surface area contributed by atoms with Crippen LogP contribution in [-0.2, 0) is 6.54 Å². The first kappa shape index (κ1) is 19.1. The number of H-pyrrole nitrogens is 1. The van der Waals surface area contributed by atoms with Crippen LogP contribution in [0, 0.1) is 0 Å². The van der Waals surface area contributed by atoms with Gasteiger partial charge in [-0.1, -0.05) is 42.5 Å². The van der Waals surface area contributed by atoms with E-state index in [-0.39, 0.29) is 11.7 Å². The van der Waals surface area contributed by atoms with Crippen molar-refractivity contribution in [2.24, 2.45) is 0 Å². The first-order valence-corrected chi connectivity index (χ1v) is 9.10. The van der Waals surface area contributed by atoms with Gasteiger partial charge in [-0.2, -0.15) is 15.2 Å². The van der Waals surface area contributed by atoms with E-state index in [2.05, 4.69) is 48.0 Å². The molecule has 0 bridgehead atoms. The number of aromatic nitrogens is 6. The summed E-state index contributed by atoms with van der Waals surface area (Å²) in [6.45, 7) is 0.518. The van der Waals surface area contributed by atoms with Gasteiger partial charge in [-0.3, -0.25) is 0 Å². The Kier molecular flexibility index (Phi) is 5.37. The minimum absolute atomic E-state index is 0.210. The van der Waals surface area contributed by atoms with E-state index < -0.39 is 0 Å². The molecule has 0 amide bonds. The van der Waals surface area contributed by atoms with Crippen LogP contribution in [0.1, 0.15) is 5.56 Å². The number of aromatic amines is 1. The summed E-state index contributed by atoms with van der Waals surface area (Å²) in [4.78, 5) is 8.50. The minimum atomic E-state index is 0.210. The number of methoxy groups -OCH3 is 2. The highest BCUT2D eigenvalue weighted by Gasteiger charge is 2.13. The third kappa shape index (κ3) is 3.97. The predicted octanol–water partition coefficient (Wildman–Crippen LogP) is 2.54. The molecule has 10 nitrogen and oxygen atoms in total. The first-order valence-electron chi connectivity index (χ1n) is 9.10. The number of benzene rings is 2. The van der Waals surface area contributed by atoms with Gasteiger partial charge in [0.15, 0.2) is 5.82 Å². The Labute approximate surface area is 172 Å². The Morgan fingerprint density at radius 3 is 2.47 bits per heavy atom. The number of ether oxygens (including phenoxy) is 2. The second-order valence-electron chi connectivity index (χ2n) is 6.34. The van der Waals surface area contributed by atoms with Gasteiger partial charge in [0.1, 0.15) is 0 Å². The third-order valence-electron chi connectivity index (χ3n) is 4.46. The molecule has 0 radical (unpaired) electrons. The van der Waals surface area contributed by atoms with Crippen LogP contribution >= 0.6 is 0 Å². The molecular formula is C20H20N8O2. The van der Waals surface area contributed by atoms with Gasteiger partial charge in [-0.05, 0) is 28.0 Å². The minimum Gasteiger partial charge on any atom is -0.489 e. The zero-order valence-electron chi connectivity index (χ0n) is 16.5. The first-order chi connectivity index (χ1) is 14.7. The van der Waals surface area contributed by atoms with Gasteiger partial charge in [-0.25, -0.2) is 0 Å². The van der Waals surface area contributed by atoms with Crippen molar-refractivity contribution in [2.75, 3.05) is 25.3 Å². The molecule has 0 atom stereocenters.